The maximum atomic E-state index is 10.5. The highest BCUT2D eigenvalue weighted by molar-refractivity contribution is 5.79. The summed E-state index contributed by atoms with van der Waals surface area (Å²) in [5.41, 5.74) is 0.318. The molecule has 3 N–H and O–H groups in total. The quantitative estimate of drug-likeness (QED) is 0.522. The van der Waals surface area contributed by atoms with Crippen LogP contribution < -0.4 is 15.4 Å². The molecule has 1 fully saturated rings. The number of ether oxygens (including phenoxy) is 2. The van der Waals surface area contributed by atoms with E-state index >= 15 is 0 Å². The van der Waals surface area contributed by atoms with Gasteiger partial charge >= 0.3 is 0 Å². The van der Waals surface area contributed by atoms with Crippen molar-refractivity contribution in [3.8, 4) is 5.75 Å². The van der Waals surface area contributed by atoms with Gasteiger partial charge in [-0.1, -0.05) is 18.2 Å². The van der Waals surface area contributed by atoms with Gasteiger partial charge in [0.25, 0.3) is 0 Å². The van der Waals surface area contributed by atoms with Crippen LogP contribution in [0.1, 0.15) is 32.3 Å². The predicted molar refractivity (Wildman–Crippen MR) is 95.4 cm³/mol. The zero-order valence-electron chi connectivity index (χ0n) is 14.7. The number of hydrogen-bond donors (Lipinski definition) is 3. The average molecular weight is 335 g/mol. The summed E-state index contributed by atoms with van der Waals surface area (Å²) in [6.07, 6.45) is 1.29. The third-order valence-electron chi connectivity index (χ3n) is 4.03. The van der Waals surface area contributed by atoms with Crippen molar-refractivity contribution in [2.45, 2.75) is 38.8 Å². The zero-order valence-corrected chi connectivity index (χ0v) is 14.7. The lowest BCUT2D eigenvalue weighted by atomic mass is 9.94. The molecule has 0 amide bonds. The highest BCUT2D eigenvalue weighted by atomic mass is 16.5. The van der Waals surface area contributed by atoms with Gasteiger partial charge in [0.2, 0.25) is 0 Å². The third kappa shape index (κ3) is 5.69. The molecule has 0 unspecified atom stereocenters. The van der Waals surface area contributed by atoms with Gasteiger partial charge < -0.3 is 25.2 Å². The zero-order chi connectivity index (χ0) is 17.3. The Morgan fingerprint density at radius 1 is 1.25 bits per heavy atom. The van der Waals surface area contributed by atoms with Gasteiger partial charge in [0.1, 0.15) is 5.75 Å². The van der Waals surface area contributed by atoms with Gasteiger partial charge in [-0.2, -0.15) is 0 Å². The Morgan fingerprint density at radius 2 is 2.00 bits per heavy atom. The first-order chi connectivity index (χ1) is 11.7. The first-order valence-corrected chi connectivity index (χ1v) is 8.70. The fourth-order valence-corrected chi connectivity index (χ4v) is 2.61. The molecule has 0 bridgehead atoms. The summed E-state index contributed by atoms with van der Waals surface area (Å²) in [7, 11) is 0. The fraction of sp³-hybridized carbons (Fsp3) is 0.611. The summed E-state index contributed by atoms with van der Waals surface area (Å²) in [4.78, 5) is 4.61. The smallest absolute Gasteiger partial charge is 0.191 e. The molecule has 134 valence electrons. The molecule has 0 saturated carbocycles. The molecule has 1 heterocycles. The number of nitrogens with one attached hydrogen (secondary N) is 2. The number of hydrogen-bond acceptors (Lipinski definition) is 4. The van der Waals surface area contributed by atoms with E-state index < -0.39 is 5.60 Å². The Hall–Kier alpha value is -1.79. The Kier molecular flexibility index (Phi) is 7.34. The van der Waals surface area contributed by atoms with Crippen LogP contribution in [0, 0.1) is 0 Å². The maximum Gasteiger partial charge on any atom is 0.191 e. The lowest BCUT2D eigenvalue weighted by Crippen LogP contribution is -2.49. The number of guanidine groups is 1. The molecule has 6 heteroatoms. The molecule has 1 aliphatic heterocycles. The predicted octanol–water partition coefficient (Wildman–Crippen LogP) is 1.68. The first kappa shape index (κ1) is 18.5. The van der Waals surface area contributed by atoms with Gasteiger partial charge in [0.15, 0.2) is 5.96 Å². The summed E-state index contributed by atoms with van der Waals surface area (Å²) < 4.78 is 10.9. The van der Waals surface area contributed by atoms with E-state index in [-0.39, 0.29) is 0 Å². The third-order valence-corrected chi connectivity index (χ3v) is 4.03. The van der Waals surface area contributed by atoms with E-state index in [1.54, 1.807) is 0 Å². The Labute approximate surface area is 144 Å². The van der Waals surface area contributed by atoms with Gasteiger partial charge in [-0.05, 0) is 19.9 Å². The Balaban J connectivity index is 1.97. The minimum absolute atomic E-state index is 0.468. The summed E-state index contributed by atoms with van der Waals surface area (Å²) >= 11 is 0. The van der Waals surface area contributed by atoms with Crippen LogP contribution in [0.2, 0.25) is 0 Å². The molecule has 0 aliphatic carbocycles. The average Bonchev–Trinajstić information content (AvgIpc) is 2.59. The van der Waals surface area contributed by atoms with Crippen LogP contribution in [-0.4, -0.2) is 49.6 Å². The topological polar surface area (TPSA) is 75.1 Å². The second kappa shape index (κ2) is 9.49. The first-order valence-electron chi connectivity index (χ1n) is 8.70. The van der Waals surface area contributed by atoms with Crippen molar-refractivity contribution in [1.29, 1.82) is 0 Å². The molecule has 1 aromatic carbocycles. The van der Waals surface area contributed by atoms with Gasteiger partial charge in [0, 0.05) is 44.7 Å². The molecule has 0 atom stereocenters. The van der Waals surface area contributed by atoms with Crippen molar-refractivity contribution < 1.29 is 14.6 Å². The fourth-order valence-electron chi connectivity index (χ4n) is 2.61. The molecule has 0 spiro atoms. The van der Waals surface area contributed by atoms with Gasteiger partial charge in [-0.25, -0.2) is 4.99 Å². The van der Waals surface area contributed by atoms with Crippen LogP contribution >= 0.6 is 0 Å². The molecule has 2 rings (SSSR count). The highest BCUT2D eigenvalue weighted by Crippen LogP contribution is 2.20. The summed E-state index contributed by atoms with van der Waals surface area (Å²) in [6.45, 7) is 7.59. The van der Waals surface area contributed by atoms with Crippen molar-refractivity contribution >= 4 is 5.96 Å². The molecular formula is C18H29N3O3. The monoisotopic (exact) mass is 335 g/mol. The highest BCUT2D eigenvalue weighted by Gasteiger charge is 2.29. The Morgan fingerprint density at radius 3 is 2.71 bits per heavy atom. The number of rotatable bonds is 7. The number of aliphatic hydroxyl groups is 1. The second-order valence-electron chi connectivity index (χ2n) is 5.93. The van der Waals surface area contributed by atoms with E-state index in [0.29, 0.717) is 51.7 Å². The summed E-state index contributed by atoms with van der Waals surface area (Å²) in [5.74, 6) is 1.56. The SMILES string of the molecule is CCNC(=NCc1ccccc1OCC)NCC1(O)CCOCC1. The molecule has 1 aliphatic rings. The van der Waals surface area contributed by atoms with Crippen LogP contribution in [0.15, 0.2) is 29.3 Å². The molecule has 0 radical (unpaired) electrons. The summed E-state index contributed by atoms with van der Waals surface area (Å²) in [5, 5.41) is 17.0. The van der Waals surface area contributed by atoms with Gasteiger partial charge in [0.05, 0.1) is 18.8 Å². The van der Waals surface area contributed by atoms with E-state index in [1.165, 1.54) is 0 Å². The van der Waals surface area contributed by atoms with Crippen molar-refractivity contribution in [2.24, 2.45) is 4.99 Å². The normalized spacial score (nSPS) is 17.4. The van der Waals surface area contributed by atoms with Crippen molar-refractivity contribution in [3.63, 3.8) is 0 Å². The molecular weight excluding hydrogens is 306 g/mol. The minimum Gasteiger partial charge on any atom is -0.494 e. The van der Waals surface area contributed by atoms with Crippen molar-refractivity contribution in [2.75, 3.05) is 32.9 Å². The standard InChI is InChI=1S/C18H29N3O3/c1-3-19-17(21-14-18(22)9-11-23-12-10-18)20-13-15-7-5-6-8-16(15)24-4-2/h5-8,22H,3-4,9-14H2,1-2H3,(H2,19,20,21). The van der Waals surface area contributed by atoms with Crippen LogP contribution in [0.3, 0.4) is 0 Å². The van der Waals surface area contributed by atoms with Gasteiger partial charge in [-0.15, -0.1) is 0 Å². The van der Waals surface area contributed by atoms with Crippen LogP contribution in [0.5, 0.6) is 5.75 Å². The molecule has 24 heavy (non-hydrogen) atoms. The number of aliphatic imine (C=N–C) groups is 1. The van der Waals surface area contributed by atoms with E-state index in [1.807, 2.05) is 38.1 Å². The molecule has 6 nitrogen and oxygen atoms in total. The molecule has 1 saturated heterocycles. The van der Waals surface area contributed by atoms with E-state index in [4.69, 9.17) is 9.47 Å². The number of nitrogens with zero attached hydrogens (tertiary/aromatic N) is 1. The Bertz CT molecular complexity index is 528. The van der Waals surface area contributed by atoms with Crippen molar-refractivity contribution in [3.05, 3.63) is 29.8 Å². The van der Waals surface area contributed by atoms with E-state index in [9.17, 15) is 5.11 Å². The van der Waals surface area contributed by atoms with E-state index in [0.717, 1.165) is 17.9 Å². The van der Waals surface area contributed by atoms with Gasteiger partial charge in [-0.3, -0.25) is 0 Å². The largest absolute Gasteiger partial charge is 0.494 e. The molecule has 0 aromatic heterocycles. The van der Waals surface area contributed by atoms with Crippen LogP contribution in [0.4, 0.5) is 0 Å². The lowest BCUT2D eigenvalue weighted by molar-refractivity contribution is -0.0594. The molecule has 1 aromatic rings. The lowest BCUT2D eigenvalue weighted by Gasteiger charge is -2.32. The van der Waals surface area contributed by atoms with Crippen molar-refractivity contribution in [1.82, 2.24) is 10.6 Å². The van der Waals surface area contributed by atoms with E-state index in [2.05, 4.69) is 15.6 Å². The number of para-hydroxylation sites is 1. The number of benzene rings is 1. The van der Waals surface area contributed by atoms with Crippen LogP contribution in [0.25, 0.3) is 0 Å². The second-order valence-corrected chi connectivity index (χ2v) is 5.93. The summed E-state index contributed by atoms with van der Waals surface area (Å²) in [6, 6.07) is 7.92. The van der Waals surface area contributed by atoms with Crippen LogP contribution in [-0.2, 0) is 11.3 Å². The minimum atomic E-state index is -0.725. The maximum absolute atomic E-state index is 10.5.